The van der Waals surface area contributed by atoms with E-state index in [4.69, 9.17) is 4.42 Å². The van der Waals surface area contributed by atoms with Gasteiger partial charge in [-0.1, -0.05) is 25.1 Å². The molecule has 19 heavy (non-hydrogen) atoms. The van der Waals surface area contributed by atoms with Crippen molar-refractivity contribution >= 4 is 22.3 Å². The molecule has 0 radical (unpaired) electrons. The highest BCUT2D eigenvalue weighted by Crippen LogP contribution is 2.31. The normalized spacial score (nSPS) is 12.9. The van der Waals surface area contributed by atoms with E-state index in [1.54, 1.807) is 11.3 Å². The molecule has 0 spiro atoms. The maximum atomic E-state index is 5.67. The lowest BCUT2D eigenvalue weighted by Gasteiger charge is -2.16. The summed E-state index contributed by atoms with van der Waals surface area (Å²) in [5.41, 5.74) is 3.49. The van der Waals surface area contributed by atoms with Gasteiger partial charge in [0.15, 0.2) is 0 Å². The molecule has 2 aromatic heterocycles. The molecular weight excluding hydrogens is 254 g/mol. The zero-order valence-electron chi connectivity index (χ0n) is 10.9. The lowest BCUT2D eigenvalue weighted by atomic mass is 10.0. The van der Waals surface area contributed by atoms with Crippen LogP contribution in [-0.2, 0) is 0 Å². The Bertz CT molecular complexity index is 642. The summed E-state index contributed by atoms with van der Waals surface area (Å²) in [5, 5.41) is 9.14. The molecule has 3 heteroatoms. The second kappa shape index (κ2) is 5.59. The Balaban J connectivity index is 2.03. The largest absolute Gasteiger partial charge is 0.464 e. The van der Waals surface area contributed by atoms with Gasteiger partial charge in [0.25, 0.3) is 0 Å². The minimum absolute atomic E-state index is 0.217. The van der Waals surface area contributed by atoms with Gasteiger partial charge in [-0.25, -0.2) is 0 Å². The van der Waals surface area contributed by atoms with Gasteiger partial charge in [-0.15, -0.1) is 0 Å². The van der Waals surface area contributed by atoms with Crippen LogP contribution >= 0.6 is 11.3 Å². The number of fused-ring (bicyclic) bond motifs is 1. The average molecular weight is 271 g/mol. The number of rotatable bonds is 5. The van der Waals surface area contributed by atoms with E-state index in [-0.39, 0.29) is 6.04 Å². The molecule has 1 atom stereocenters. The fourth-order valence-electron chi connectivity index (χ4n) is 2.36. The number of thiophene rings is 1. The minimum Gasteiger partial charge on any atom is -0.464 e. The van der Waals surface area contributed by atoms with Crippen molar-refractivity contribution in [2.45, 2.75) is 19.4 Å². The summed E-state index contributed by atoms with van der Waals surface area (Å²) in [5.74, 6) is 0. The highest BCUT2D eigenvalue weighted by molar-refractivity contribution is 7.08. The molecule has 0 aliphatic rings. The van der Waals surface area contributed by atoms with Crippen molar-refractivity contribution in [2.24, 2.45) is 0 Å². The van der Waals surface area contributed by atoms with Gasteiger partial charge in [0.1, 0.15) is 5.58 Å². The van der Waals surface area contributed by atoms with Crippen LogP contribution in [0.1, 0.15) is 30.5 Å². The standard InChI is InChI=1S/C16H17NOS/c1-2-8-17-16(12-7-9-19-11-12)14-10-18-15-6-4-3-5-13(14)15/h3-7,9-11,16-17H,2,8H2,1H3. The van der Waals surface area contributed by atoms with Gasteiger partial charge in [0, 0.05) is 10.9 Å². The van der Waals surface area contributed by atoms with Crippen molar-refractivity contribution in [3.05, 3.63) is 58.5 Å². The summed E-state index contributed by atoms with van der Waals surface area (Å²) in [6.07, 6.45) is 3.01. The van der Waals surface area contributed by atoms with Crippen molar-refractivity contribution < 1.29 is 4.42 Å². The van der Waals surface area contributed by atoms with Crippen LogP contribution in [-0.4, -0.2) is 6.54 Å². The van der Waals surface area contributed by atoms with E-state index in [0.717, 1.165) is 18.5 Å². The molecule has 2 nitrogen and oxygen atoms in total. The summed E-state index contributed by atoms with van der Waals surface area (Å²) >= 11 is 1.73. The summed E-state index contributed by atoms with van der Waals surface area (Å²) in [7, 11) is 0. The Kier molecular flexibility index (Phi) is 3.67. The van der Waals surface area contributed by atoms with E-state index < -0.39 is 0 Å². The molecule has 0 saturated carbocycles. The van der Waals surface area contributed by atoms with E-state index in [2.05, 4.69) is 41.2 Å². The highest BCUT2D eigenvalue weighted by atomic mass is 32.1. The number of hydrogen-bond acceptors (Lipinski definition) is 3. The molecule has 3 aromatic rings. The van der Waals surface area contributed by atoms with Crippen LogP contribution in [0.25, 0.3) is 11.0 Å². The Hall–Kier alpha value is -1.58. The quantitative estimate of drug-likeness (QED) is 0.734. The highest BCUT2D eigenvalue weighted by Gasteiger charge is 2.18. The van der Waals surface area contributed by atoms with Crippen molar-refractivity contribution in [1.29, 1.82) is 0 Å². The number of para-hydroxylation sites is 1. The maximum absolute atomic E-state index is 5.67. The zero-order valence-corrected chi connectivity index (χ0v) is 11.7. The van der Waals surface area contributed by atoms with Crippen molar-refractivity contribution in [3.63, 3.8) is 0 Å². The summed E-state index contributed by atoms with van der Waals surface area (Å²) in [6, 6.07) is 10.6. The van der Waals surface area contributed by atoms with Gasteiger partial charge in [-0.3, -0.25) is 0 Å². The van der Waals surface area contributed by atoms with Crippen LogP contribution in [0.4, 0.5) is 0 Å². The molecule has 0 saturated heterocycles. The molecular formula is C16H17NOS. The number of benzene rings is 1. The van der Waals surface area contributed by atoms with Crippen molar-refractivity contribution in [3.8, 4) is 0 Å². The number of furan rings is 1. The predicted octanol–water partition coefficient (Wildman–Crippen LogP) is 4.58. The molecule has 1 aromatic carbocycles. The van der Waals surface area contributed by atoms with Crippen molar-refractivity contribution in [1.82, 2.24) is 5.32 Å². The first kappa shape index (κ1) is 12.5. The van der Waals surface area contributed by atoms with Crippen LogP contribution in [0.15, 0.2) is 51.8 Å². The Labute approximate surface area is 117 Å². The third-order valence-electron chi connectivity index (χ3n) is 3.30. The first-order chi connectivity index (χ1) is 9.40. The lowest BCUT2D eigenvalue weighted by molar-refractivity contribution is 0.573. The third-order valence-corrected chi connectivity index (χ3v) is 4.00. The molecule has 98 valence electrons. The van der Waals surface area contributed by atoms with Gasteiger partial charge >= 0.3 is 0 Å². The molecule has 3 rings (SSSR count). The van der Waals surface area contributed by atoms with Crippen LogP contribution in [0.2, 0.25) is 0 Å². The fraction of sp³-hybridized carbons (Fsp3) is 0.250. The van der Waals surface area contributed by atoms with Crippen LogP contribution in [0.5, 0.6) is 0 Å². The Morgan fingerprint density at radius 3 is 2.95 bits per heavy atom. The van der Waals surface area contributed by atoms with E-state index in [1.165, 1.54) is 16.5 Å². The molecule has 0 aliphatic heterocycles. The monoisotopic (exact) mass is 271 g/mol. The van der Waals surface area contributed by atoms with E-state index >= 15 is 0 Å². The smallest absolute Gasteiger partial charge is 0.134 e. The molecule has 0 bridgehead atoms. The summed E-state index contributed by atoms with van der Waals surface area (Å²) < 4.78 is 5.67. The van der Waals surface area contributed by atoms with E-state index in [0.29, 0.717) is 0 Å². The minimum atomic E-state index is 0.217. The molecule has 2 heterocycles. The summed E-state index contributed by atoms with van der Waals surface area (Å²) in [4.78, 5) is 0. The van der Waals surface area contributed by atoms with E-state index in [9.17, 15) is 0 Å². The number of hydrogen-bond donors (Lipinski definition) is 1. The zero-order chi connectivity index (χ0) is 13.1. The topological polar surface area (TPSA) is 25.2 Å². The van der Waals surface area contributed by atoms with Gasteiger partial charge in [0.2, 0.25) is 0 Å². The van der Waals surface area contributed by atoms with E-state index in [1.807, 2.05) is 18.4 Å². The predicted molar refractivity (Wildman–Crippen MR) is 80.7 cm³/mol. The second-order valence-corrected chi connectivity index (χ2v) is 5.41. The summed E-state index contributed by atoms with van der Waals surface area (Å²) in [6.45, 7) is 3.19. The number of nitrogens with one attached hydrogen (secondary N) is 1. The molecule has 1 N–H and O–H groups in total. The van der Waals surface area contributed by atoms with Crippen LogP contribution < -0.4 is 5.32 Å². The molecule has 1 unspecified atom stereocenters. The van der Waals surface area contributed by atoms with Crippen LogP contribution in [0, 0.1) is 0 Å². The van der Waals surface area contributed by atoms with Gasteiger partial charge < -0.3 is 9.73 Å². The molecule has 0 fully saturated rings. The van der Waals surface area contributed by atoms with Gasteiger partial charge in [0.05, 0.1) is 12.3 Å². The average Bonchev–Trinajstić information content (AvgIpc) is 3.09. The maximum Gasteiger partial charge on any atom is 0.134 e. The molecule has 0 aliphatic carbocycles. The second-order valence-electron chi connectivity index (χ2n) is 4.63. The third kappa shape index (κ3) is 2.44. The van der Waals surface area contributed by atoms with Gasteiger partial charge in [-0.2, -0.15) is 11.3 Å². The SMILES string of the molecule is CCCNC(c1ccsc1)c1coc2ccccc12. The van der Waals surface area contributed by atoms with Crippen molar-refractivity contribution in [2.75, 3.05) is 6.54 Å². The first-order valence-corrected chi connectivity index (χ1v) is 7.56. The Morgan fingerprint density at radius 1 is 1.26 bits per heavy atom. The first-order valence-electron chi connectivity index (χ1n) is 6.61. The van der Waals surface area contributed by atoms with Crippen LogP contribution in [0.3, 0.4) is 0 Å². The van der Waals surface area contributed by atoms with Gasteiger partial charge in [-0.05, 0) is 41.4 Å². The molecule has 0 amide bonds. The Morgan fingerprint density at radius 2 is 2.16 bits per heavy atom. The lowest BCUT2D eigenvalue weighted by Crippen LogP contribution is -2.22. The fourth-order valence-corrected chi connectivity index (χ4v) is 3.04.